The third kappa shape index (κ3) is 3.04. The Labute approximate surface area is 135 Å². The Bertz CT molecular complexity index is 780. The van der Waals surface area contributed by atoms with Crippen molar-refractivity contribution < 1.29 is 9.59 Å². The summed E-state index contributed by atoms with van der Waals surface area (Å²) in [7, 11) is 0. The number of aromatic nitrogens is 1. The topological polar surface area (TPSA) is 62.3 Å². The Kier molecular flexibility index (Phi) is 4.03. The zero-order chi connectivity index (χ0) is 16.6. The molecule has 1 aromatic heterocycles. The summed E-state index contributed by atoms with van der Waals surface area (Å²) in [4.78, 5) is 31.0. The van der Waals surface area contributed by atoms with Crippen molar-refractivity contribution in [1.82, 2.24) is 15.2 Å². The molecule has 0 unspecified atom stereocenters. The van der Waals surface area contributed by atoms with E-state index in [1.807, 2.05) is 45.0 Å². The highest BCUT2D eigenvalue weighted by atomic mass is 16.2. The van der Waals surface area contributed by atoms with Crippen molar-refractivity contribution in [2.24, 2.45) is 0 Å². The zero-order valence-corrected chi connectivity index (χ0v) is 13.7. The Morgan fingerprint density at radius 1 is 1.30 bits per heavy atom. The van der Waals surface area contributed by atoms with Crippen LogP contribution >= 0.6 is 0 Å². The molecule has 0 spiro atoms. The maximum atomic E-state index is 13.1. The van der Waals surface area contributed by atoms with Crippen molar-refractivity contribution in [3.05, 3.63) is 41.1 Å². The minimum Gasteiger partial charge on any atom is -0.354 e. The average Bonchev–Trinajstić information content (AvgIpc) is 2.67. The molecule has 23 heavy (non-hydrogen) atoms. The fraction of sp³-hybridized carbons (Fsp3) is 0.389. The first kappa shape index (κ1) is 15.5. The summed E-state index contributed by atoms with van der Waals surface area (Å²) in [5.41, 5.74) is 3.44. The van der Waals surface area contributed by atoms with Crippen LogP contribution in [-0.4, -0.2) is 40.8 Å². The molecule has 3 rings (SSSR count). The number of hydrogen-bond donors (Lipinski definition) is 1. The number of fused-ring (bicyclic) bond motifs is 1. The maximum Gasteiger partial charge on any atom is 0.254 e. The summed E-state index contributed by atoms with van der Waals surface area (Å²) in [5.74, 6) is -0.0353. The summed E-state index contributed by atoms with van der Waals surface area (Å²) < 4.78 is 0. The number of hydrogen-bond acceptors (Lipinski definition) is 3. The smallest absolute Gasteiger partial charge is 0.254 e. The molecule has 2 aromatic rings. The van der Waals surface area contributed by atoms with Gasteiger partial charge in [-0.3, -0.25) is 14.6 Å². The van der Waals surface area contributed by atoms with E-state index in [0.717, 1.165) is 22.2 Å². The summed E-state index contributed by atoms with van der Waals surface area (Å²) >= 11 is 0. The number of benzene rings is 1. The van der Waals surface area contributed by atoms with E-state index in [-0.39, 0.29) is 17.9 Å². The van der Waals surface area contributed by atoms with Crippen LogP contribution in [0.5, 0.6) is 0 Å². The van der Waals surface area contributed by atoms with Gasteiger partial charge in [-0.25, -0.2) is 0 Å². The van der Waals surface area contributed by atoms with Crippen molar-refractivity contribution in [1.29, 1.82) is 0 Å². The number of amides is 2. The first-order chi connectivity index (χ1) is 11.0. The molecule has 1 aliphatic rings. The van der Waals surface area contributed by atoms with Crippen LogP contribution in [-0.2, 0) is 4.79 Å². The van der Waals surface area contributed by atoms with E-state index in [1.165, 1.54) is 0 Å². The van der Waals surface area contributed by atoms with Crippen LogP contribution < -0.4 is 5.32 Å². The number of carbonyl (C=O) groups excluding carboxylic acids is 2. The molecule has 0 bridgehead atoms. The summed E-state index contributed by atoms with van der Waals surface area (Å²) in [6.07, 6.45) is 0.344. The minimum absolute atomic E-state index is 0.00135. The molecular formula is C18H21N3O2. The second-order valence-corrected chi connectivity index (χ2v) is 6.23. The fourth-order valence-electron chi connectivity index (χ4n) is 3.01. The van der Waals surface area contributed by atoms with Gasteiger partial charge in [0.25, 0.3) is 5.91 Å². The van der Waals surface area contributed by atoms with E-state index >= 15 is 0 Å². The lowest BCUT2D eigenvalue weighted by Gasteiger charge is -2.27. The third-order valence-electron chi connectivity index (χ3n) is 4.29. The van der Waals surface area contributed by atoms with Gasteiger partial charge in [0.2, 0.25) is 5.91 Å². The van der Waals surface area contributed by atoms with Crippen molar-refractivity contribution in [3.8, 4) is 0 Å². The van der Waals surface area contributed by atoms with Crippen molar-refractivity contribution in [2.75, 3.05) is 13.1 Å². The van der Waals surface area contributed by atoms with Crippen LogP contribution in [0.15, 0.2) is 24.3 Å². The average molecular weight is 311 g/mol. The molecule has 1 fully saturated rings. The van der Waals surface area contributed by atoms with Gasteiger partial charge in [-0.05, 0) is 38.5 Å². The molecule has 0 aliphatic carbocycles. The quantitative estimate of drug-likeness (QED) is 0.878. The van der Waals surface area contributed by atoms with Gasteiger partial charge >= 0.3 is 0 Å². The Hall–Kier alpha value is -2.43. The SMILES string of the molecule is Cc1ccc2c(C(=O)N3CCC(=O)NC[C@@H]3C)cc(C)nc2c1. The minimum atomic E-state index is -0.0339. The molecule has 1 atom stereocenters. The van der Waals surface area contributed by atoms with E-state index in [2.05, 4.69) is 10.3 Å². The van der Waals surface area contributed by atoms with Crippen molar-refractivity contribution >= 4 is 22.7 Å². The first-order valence-corrected chi connectivity index (χ1v) is 7.91. The summed E-state index contributed by atoms with van der Waals surface area (Å²) in [6.45, 7) is 6.81. The van der Waals surface area contributed by atoms with Crippen molar-refractivity contribution in [3.63, 3.8) is 0 Å². The van der Waals surface area contributed by atoms with E-state index in [9.17, 15) is 9.59 Å². The molecule has 1 saturated heterocycles. The number of nitrogens with zero attached hydrogens (tertiary/aromatic N) is 2. The van der Waals surface area contributed by atoms with Crippen molar-refractivity contribution in [2.45, 2.75) is 33.2 Å². The highest BCUT2D eigenvalue weighted by Crippen LogP contribution is 2.22. The van der Waals surface area contributed by atoms with Gasteiger partial charge in [0.05, 0.1) is 11.1 Å². The Morgan fingerprint density at radius 3 is 2.87 bits per heavy atom. The van der Waals surface area contributed by atoms with Crippen LogP contribution in [0.2, 0.25) is 0 Å². The van der Waals surface area contributed by atoms with Crippen LogP contribution in [0.1, 0.15) is 35.0 Å². The van der Waals surface area contributed by atoms with Gasteiger partial charge in [-0.15, -0.1) is 0 Å². The van der Waals surface area contributed by atoms with Crippen LogP contribution in [0, 0.1) is 13.8 Å². The van der Waals surface area contributed by atoms with Crippen LogP contribution in [0.25, 0.3) is 10.9 Å². The second-order valence-electron chi connectivity index (χ2n) is 6.23. The second kappa shape index (κ2) is 5.99. The van der Waals surface area contributed by atoms with E-state index < -0.39 is 0 Å². The lowest BCUT2D eigenvalue weighted by atomic mass is 10.0. The molecule has 1 aliphatic heterocycles. The molecule has 2 heterocycles. The molecule has 1 aromatic carbocycles. The molecule has 2 amide bonds. The molecular weight excluding hydrogens is 290 g/mol. The zero-order valence-electron chi connectivity index (χ0n) is 13.7. The van der Waals surface area contributed by atoms with Crippen LogP contribution in [0.3, 0.4) is 0 Å². The van der Waals surface area contributed by atoms with Gasteiger partial charge in [-0.2, -0.15) is 0 Å². The maximum absolute atomic E-state index is 13.1. The Balaban J connectivity index is 2.05. The number of carbonyl (C=O) groups is 2. The normalized spacial score (nSPS) is 18.7. The highest BCUT2D eigenvalue weighted by Gasteiger charge is 2.26. The van der Waals surface area contributed by atoms with Gasteiger partial charge in [0.1, 0.15) is 0 Å². The van der Waals surface area contributed by atoms with Gasteiger partial charge < -0.3 is 10.2 Å². The Morgan fingerprint density at radius 2 is 2.09 bits per heavy atom. The number of rotatable bonds is 1. The number of nitrogens with one attached hydrogen (secondary N) is 1. The molecule has 5 nitrogen and oxygen atoms in total. The largest absolute Gasteiger partial charge is 0.354 e. The van der Waals surface area contributed by atoms with Gasteiger partial charge in [0, 0.05) is 36.6 Å². The van der Waals surface area contributed by atoms with Gasteiger partial charge in [-0.1, -0.05) is 12.1 Å². The molecule has 5 heteroatoms. The highest BCUT2D eigenvalue weighted by molar-refractivity contribution is 6.06. The lowest BCUT2D eigenvalue weighted by molar-refractivity contribution is -0.120. The molecule has 0 saturated carbocycles. The first-order valence-electron chi connectivity index (χ1n) is 7.91. The number of pyridine rings is 1. The lowest BCUT2D eigenvalue weighted by Crippen LogP contribution is -2.41. The monoisotopic (exact) mass is 311 g/mol. The van der Waals surface area contributed by atoms with E-state index in [1.54, 1.807) is 4.90 Å². The molecule has 1 N–H and O–H groups in total. The standard InChI is InChI=1S/C18H21N3O2/c1-11-4-5-14-15(9-12(2)20-16(14)8-11)18(23)21-7-6-17(22)19-10-13(21)3/h4-5,8-9,13H,6-7,10H2,1-3H3,(H,19,22)/t13-/m0/s1. The molecule has 0 radical (unpaired) electrons. The summed E-state index contributed by atoms with van der Waals surface area (Å²) in [6, 6.07) is 7.76. The fourth-order valence-corrected chi connectivity index (χ4v) is 3.01. The van der Waals surface area contributed by atoms with Crippen LogP contribution in [0.4, 0.5) is 0 Å². The van der Waals surface area contributed by atoms with Gasteiger partial charge in [0.15, 0.2) is 0 Å². The third-order valence-corrected chi connectivity index (χ3v) is 4.29. The number of aryl methyl sites for hydroxylation is 2. The predicted octanol–water partition coefficient (Wildman–Crippen LogP) is 2.20. The van der Waals surface area contributed by atoms with E-state index in [0.29, 0.717) is 25.1 Å². The summed E-state index contributed by atoms with van der Waals surface area (Å²) in [5, 5.41) is 3.70. The molecule has 120 valence electrons. The predicted molar refractivity (Wildman–Crippen MR) is 89.3 cm³/mol. The van der Waals surface area contributed by atoms with E-state index in [4.69, 9.17) is 0 Å².